The molecule has 1 aromatic heterocycles. The van der Waals surface area contributed by atoms with Gasteiger partial charge in [0.15, 0.2) is 5.76 Å². The molecule has 0 aliphatic rings. The van der Waals surface area contributed by atoms with Gasteiger partial charge in [0.25, 0.3) is 0 Å². The fourth-order valence-corrected chi connectivity index (χ4v) is 2.83. The molecule has 0 atom stereocenters. The van der Waals surface area contributed by atoms with Gasteiger partial charge < -0.3 is 9.63 Å². The number of aromatic carboxylic acids is 1. The Balaban J connectivity index is 2.77. The maximum atomic E-state index is 11.6. The van der Waals surface area contributed by atoms with Crippen LogP contribution in [0.2, 0.25) is 5.02 Å². The molecule has 106 valence electrons. The van der Waals surface area contributed by atoms with Gasteiger partial charge in [0, 0.05) is 15.5 Å². The van der Waals surface area contributed by atoms with Gasteiger partial charge >= 0.3 is 5.97 Å². The second-order valence-electron chi connectivity index (χ2n) is 5.39. The van der Waals surface area contributed by atoms with Gasteiger partial charge in [-0.25, -0.2) is 4.79 Å². The first-order valence-electron chi connectivity index (χ1n) is 5.91. The van der Waals surface area contributed by atoms with Crippen LogP contribution < -0.4 is 0 Å². The molecule has 1 heterocycles. The highest BCUT2D eigenvalue weighted by Crippen LogP contribution is 2.39. The van der Waals surface area contributed by atoms with E-state index in [1.807, 2.05) is 20.8 Å². The van der Waals surface area contributed by atoms with Gasteiger partial charge in [-0.15, -0.1) is 0 Å². The summed E-state index contributed by atoms with van der Waals surface area (Å²) in [4.78, 5) is 11.6. The van der Waals surface area contributed by atoms with Gasteiger partial charge in [0.2, 0.25) is 0 Å². The van der Waals surface area contributed by atoms with Crippen molar-refractivity contribution in [3.05, 3.63) is 39.0 Å². The lowest BCUT2D eigenvalue weighted by Crippen LogP contribution is -2.15. The number of nitrogens with zero attached hydrogens (tertiary/aromatic N) is 1. The molecule has 2 aromatic rings. The minimum atomic E-state index is -1.09. The summed E-state index contributed by atoms with van der Waals surface area (Å²) in [6, 6.07) is 5.22. The Kier molecular flexibility index (Phi) is 3.93. The van der Waals surface area contributed by atoms with Crippen molar-refractivity contribution in [2.75, 3.05) is 0 Å². The van der Waals surface area contributed by atoms with Crippen LogP contribution in [0.1, 0.15) is 36.9 Å². The van der Waals surface area contributed by atoms with Crippen LogP contribution >= 0.6 is 27.5 Å². The van der Waals surface area contributed by atoms with Crippen LogP contribution in [0.25, 0.3) is 11.3 Å². The van der Waals surface area contributed by atoms with E-state index >= 15 is 0 Å². The average Bonchev–Trinajstić information content (AvgIpc) is 2.73. The number of carbonyl (C=O) groups is 1. The molecule has 0 amide bonds. The van der Waals surface area contributed by atoms with Crippen molar-refractivity contribution >= 4 is 33.5 Å². The van der Waals surface area contributed by atoms with Crippen LogP contribution in [0.4, 0.5) is 0 Å². The number of carboxylic acids is 1. The van der Waals surface area contributed by atoms with E-state index in [0.717, 1.165) is 0 Å². The van der Waals surface area contributed by atoms with Crippen LogP contribution in [0.15, 0.2) is 27.2 Å². The standard InChI is InChI=1S/C14H13BrClNO3/c1-14(2,3)12-10(13(18)19)11(17-20-12)9-7(15)5-4-6-8(9)16/h4-6H,1-3H3,(H,18,19). The van der Waals surface area contributed by atoms with E-state index in [1.165, 1.54) is 0 Å². The topological polar surface area (TPSA) is 63.3 Å². The van der Waals surface area contributed by atoms with E-state index in [-0.39, 0.29) is 11.3 Å². The maximum Gasteiger partial charge on any atom is 0.341 e. The van der Waals surface area contributed by atoms with E-state index < -0.39 is 11.4 Å². The smallest absolute Gasteiger partial charge is 0.341 e. The normalized spacial score (nSPS) is 11.7. The van der Waals surface area contributed by atoms with Gasteiger partial charge in [0.1, 0.15) is 11.3 Å². The quantitative estimate of drug-likeness (QED) is 0.841. The molecule has 0 bridgehead atoms. The summed E-state index contributed by atoms with van der Waals surface area (Å²) in [7, 11) is 0. The van der Waals surface area contributed by atoms with Crippen molar-refractivity contribution < 1.29 is 14.4 Å². The first-order chi connectivity index (χ1) is 9.23. The maximum absolute atomic E-state index is 11.6. The summed E-state index contributed by atoms with van der Waals surface area (Å²) in [5, 5.41) is 13.8. The predicted molar refractivity (Wildman–Crippen MR) is 80.3 cm³/mol. The van der Waals surface area contributed by atoms with Gasteiger partial charge in [0.05, 0.1) is 5.02 Å². The lowest BCUT2D eigenvalue weighted by molar-refractivity contribution is 0.0693. The Bertz CT molecular complexity index is 653. The summed E-state index contributed by atoms with van der Waals surface area (Å²) in [5.74, 6) is -0.759. The predicted octanol–water partition coefficient (Wildman–Crippen LogP) is 4.75. The highest BCUT2D eigenvalue weighted by molar-refractivity contribution is 9.10. The first-order valence-corrected chi connectivity index (χ1v) is 7.08. The van der Waals surface area contributed by atoms with Crippen molar-refractivity contribution in [2.45, 2.75) is 26.2 Å². The van der Waals surface area contributed by atoms with E-state index in [4.69, 9.17) is 16.1 Å². The van der Waals surface area contributed by atoms with Gasteiger partial charge in [-0.1, -0.05) is 59.5 Å². The molecule has 1 aromatic carbocycles. The monoisotopic (exact) mass is 357 g/mol. The molecule has 0 spiro atoms. The van der Waals surface area contributed by atoms with Gasteiger partial charge in [-0.05, 0) is 12.1 Å². The number of benzene rings is 1. The average molecular weight is 359 g/mol. The van der Waals surface area contributed by atoms with Crippen molar-refractivity contribution in [1.29, 1.82) is 0 Å². The molecule has 0 saturated heterocycles. The zero-order valence-corrected chi connectivity index (χ0v) is 13.5. The fourth-order valence-electron chi connectivity index (χ4n) is 1.90. The molecular weight excluding hydrogens is 346 g/mol. The van der Waals surface area contributed by atoms with Crippen molar-refractivity contribution in [1.82, 2.24) is 5.16 Å². The third kappa shape index (κ3) is 2.60. The van der Waals surface area contributed by atoms with E-state index in [0.29, 0.717) is 20.8 Å². The molecule has 20 heavy (non-hydrogen) atoms. The molecule has 1 N–H and O–H groups in total. The Labute approximate surface area is 129 Å². The summed E-state index contributed by atoms with van der Waals surface area (Å²) >= 11 is 9.53. The number of carboxylic acid groups (broad SMARTS) is 1. The summed E-state index contributed by atoms with van der Waals surface area (Å²) in [5.41, 5.74) is 0.337. The van der Waals surface area contributed by atoms with Crippen LogP contribution in [0.3, 0.4) is 0 Å². The molecule has 0 aliphatic heterocycles. The first kappa shape index (κ1) is 15.1. The third-order valence-corrected chi connectivity index (χ3v) is 3.76. The summed E-state index contributed by atoms with van der Waals surface area (Å²) in [6.45, 7) is 5.60. The molecule has 0 fully saturated rings. The number of halogens is 2. The number of rotatable bonds is 2. The van der Waals surface area contributed by atoms with Crippen molar-refractivity contribution in [2.24, 2.45) is 0 Å². The van der Waals surface area contributed by atoms with Crippen molar-refractivity contribution in [3.8, 4) is 11.3 Å². The van der Waals surface area contributed by atoms with Gasteiger partial charge in [-0.2, -0.15) is 0 Å². The Morgan fingerprint density at radius 1 is 1.40 bits per heavy atom. The number of aromatic nitrogens is 1. The zero-order chi connectivity index (χ0) is 15.1. The molecule has 4 nitrogen and oxygen atoms in total. The highest BCUT2D eigenvalue weighted by atomic mass is 79.9. The van der Waals surface area contributed by atoms with Crippen molar-refractivity contribution in [3.63, 3.8) is 0 Å². The highest BCUT2D eigenvalue weighted by Gasteiger charge is 2.32. The zero-order valence-electron chi connectivity index (χ0n) is 11.2. The van der Waals surface area contributed by atoms with Crippen LogP contribution in [-0.2, 0) is 5.41 Å². The lowest BCUT2D eigenvalue weighted by Gasteiger charge is -2.14. The SMILES string of the molecule is CC(C)(C)c1onc(-c2c(Cl)cccc2Br)c1C(=O)O. The molecule has 2 rings (SSSR count). The van der Waals surface area contributed by atoms with Crippen LogP contribution in [0.5, 0.6) is 0 Å². The van der Waals surface area contributed by atoms with E-state index in [2.05, 4.69) is 21.1 Å². The van der Waals surface area contributed by atoms with Gasteiger partial charge in [-0.3, -0.25) is 0 Å². The van der Waals surface area contributed by atoms with E-state index in [1.54, 1.807) is 18.2 Å². The fraction of sp³-hybridized carbons (Fsp3) is 0.286. The Morgan fingerprint density at radius 2 is 2.05 bits per heavy atom. The summed E-state index contributed by atoms with van der Waals surface area (Å²) < 4.78 is 5.94. The third-order valence-electron chi connectivity index (χ3n) is 2.79. The molecule has 0 radical (unpaired) electrons. The van der Waals surface area contributed by atoms with Crippen LogP contribution in [0, 0.1) is 0 Å². The molecule has 0 aliphatic carbocycles. The second-order valence-corrected chi connectivity index (χ2v) is 6.65. The van der Waals surface area contributed by atoms with Crippen LogP contribution in [-0.4, -0.2) is 16.2 Å². The second kappa shape index (κ2) is 5.22. The lowest BCUT2D eigenvalue weighted by atomic mass is 9.89. The molecule has 0 saturated carbocycles. The minimum Gasteiger partial charge on any atom is -0.477 e. The molecular formula is C14H13BrClNO3. The Morgan fingerprint density at radius 3 is 2.55 bits per heavy atom. The van der Waals surface area contributed by atoms with E-state index in [9.17, 15) is 9.90 Å². The number of hydrogen-bond acceptors (Lipinski definition) is 3. The molecule has 0 unspecified atom stereocenters. The Hall–Kier alpha value is -1.33. The number of hydrogen-bond donors (Lipinski definition) is 1. The summed E-state index contributed by atoms with van der Waals surface area (Å²) in [6.07, 6.45) is 0. The minimum absolute atomic E-state index is 0.0475. The largest absolute Gasteiger partial charge is 0.477 e. The molecule has 6 heteroatoms.